The fourth-order valence-electron chi connectivity index (χ4n) is 0.967. The van der Waals surface area contributed by atoms with E-state index >= 15 is 0 Å². The van der Waals surface area contributed by atoms with E-state index in [1.165, 1.54) is 25.2 Å². The van der Waals surface area contributed by atoms with E-state index in [0.29, 0.717) is 0 Å². The van der Waals surface area contributed by atoms with Gasteiger partial charge in [0.15, 0.2) is 0 Å². The summed E-state index contributed by atoms with van der Waals surface area (Å²) in [7, 11) is 0. The van der Waals surface area contributed by atoms with Gasteiger partial charge in [0.25, 0.3) is 0 Å². The summed E-state index contributed by atoms with van der Waals surface area (Å²) < 4.78 is 5.92. The Labute approximate surface area is 95.0 Å². The van der Waals surface area contributed by atoms with E-state index in [1.54, 1.807) is 12.1 Å². The predicted octanol–water partition coefficient (Wildman–Crippen LogP) is -2.52. The average molecular weight is 189 g/mol. The quantitative estimate of drug-likeness (QED) is 0.423. The first kappa shape index (κ1) is 13.3. The largest absolute Gasteiger partial charge is 1.00 e. The predicted molar refractivity (Wildman–Crippen MR) is 45.3 cm³/mol. The van der Waals surface area contributed by atoms with Crippen LogP contribution in [0.1, 0.15) is 12.8 Å². The smallest absolute Gasteiger partial charge is 0.529 e. The molecule has 2 rings (SSSR count). The summed E-state index contributed by atoms with van der Waals surface area (Å²) >= 11 is 0. The maximum Gasteiger partial charge on any atom is 1.00 e. The summed E-state index contributed by atoms with van der Waals surface area (Å²) in [5, 5.41) is 9.91. The normalized spacial score (nSPS) is 13.7. The van der Waals surface area contributed by atoms with Gasteiger partial charge in [-0.1, -0.05) is 0 Å². The van der Waals surface area contributed by atoms with Crippen molar-refractivity contribution in [2.75, 3.05) is 13.2 Å². The van der Waals surface area contributed by atoms with Crippen LogP contribution >= 0.6 is 0 Å². The van der Waals surface area contributed by atoms with E-state index in [1.807, 2.05) is 0 Å². The molecule has 5 heteroatoms. The Morgan fingerprint density at radius 3 is 1.93 bits per heavy atom. The molecular formula is C9H12LiNO3. The molecule has 1 saturated heterocycles. The number of nitrogens with zero attached hydrogens (tertiary/aromatic N) is 1. The van der Waals surface area contributed by atoms with Crippen LogP contribution in [0.15, 0.2) is 24.5 Å². The first-order chi connectivity index (χ1) is 6.30. The van der Waals surface area contributed by atoms with Crippen LogP contribution in [-0.2, 0) is 4.74 Å². The number of aromatic nitrogens is 1. The minimum absolute atomic E-state index is 0. The number of hydrogen-bond acceptors (Lipinski definition) is 3. The van der Waals surface area contributed by atoms with Crippen molar-refractivity contribution in [3.63, 3.8) is 0 Å². The van der Waals surface area contributed by atoms with Gasteiger partial charge in [0.05, 0.1) is 0 Å². The van der Waals surface area contributed by atoms with Crippen molar-refractivity contribution >= 4 is 6.09 Å². The summed E-state index contributed by atoms with van der Waals surface area (Å²) in [5.74, 6) is 0. The molecule has 0 radical (unpaired) electrons. The number of rotatable bonds is 0. The summed E-state index contributed by atoms with van der Waals surface area (Å²) in [6.45, 7) is 2.00. The first-order valence-corrected chi connectivity index (χ1v) is 4.23. The summed E-state index contributed by atoms with van der Waals surface area (Å²) in [6.07, 6.45) is 4.18. The van der Waals surface area contributed by atoms with Gasteiger partial charge in [-0.2, -0.15) is 0 Å². The molecular weight excluding hydrogens is 177 g/mol. The molecule has 1 aromatic heterocycles. The molecule has 1 aliphatic heterocycles. The van der Waals surface area contributed by atoms with Crippen LogP contribution < -0.4 is 24.0 Å². The van der Waals surface area contributed by atoms with Crippen LogP contribution in [0, 0.1) is 0 Å². The molecule has 2 heterocycles. The Bertz CT molecular complexity index is 237. The van der Waals surface area contributed by atoms with Crippen LogP contribution in [-0.4, -0.2) is 23.9 Å². The molecule has 72 valence electrons. The molecule has 0 saturated carbocycles. The van der Waals surface area contributed by atoms with Crippen molar-refractivity contribution in [3.8, 4) is 0 Å². The number of hydrogen-bond donors (Lipinski definition) is 0. The number of ether oxygens (including phenoxy) is 1. The van der Waals surface area contributed by atoms with Crippen molar-refractivity contribution in [1.29, 1.82) is 0 Å². The average Bonchev–Trinajstić information content (AvgIpc) is 2.82. The summed E-state index contributed by atoms with van der Waals surface area (Å²) in [5.41, 5.74) is 0. The third-order valence-electron chi connectivity index (χ3n) is 1.64. The Morgan fingerprint density at radius 2 is 1.71 bits per heavy atom. The van der Waals surface area contributed by atoms with Gasteiger partial charge < -0.3 is 19.2 Å². The van der Waals surface area contributed by atoms with Crippen molar-refractivity contribution < 1.29 is 33.5 Å². The summed E-state index contributed by atoms with van der Waals surface area (Å²) in [6, 6.07) is 3.24. The first-order valence-electron chi connectivity index (χ1n) is 4.23. The Morgan fingerprint density at radius 1 is 1.21 bits per heavy atom. The van der Waals surface area contributed by atoms with Gasteiger partial charge in [0, 0.05) is 25.6 Å². The third-order valence-corrected chi connectivity index (χ3v) is 1.64. The molecule has 14 heavy (non-hydrogen) atoms. The molecule has 0 unspecified atom stereocenters. The zero-order valence-electron chi connectivity index (χ0n) is 8.31. The molecule has 0 atom stereocenters. The second kappa shape index (κ2) is 7.69. The van der Waals surface area contributed by atoms with Crippen molar-refractivity contribution in [2.24, 2.45) is 0 Å². The Kier molecular flexibility index (Phi) is 7.31. The molecule has 0 spiro atoms. The maximum atomic E-state index is 9.91. The Hall–Kier alpha value is -0.693. The SMILES string of the molecule is C1CCOC1.O=C([O-])n1cccc1.[Li+]. The zero-order valence-corrected chi connectivity index (χ0v) is 8.31. The van der Waals surface area contributed by atoms with E-state index in [9.17, 15) is 9.90 Å². The van der Waals surface area contributed by atoms with Crippen molar-refractivity contribution in [1.82, 2.24) is 4.57 Å². The molecule has 4 nitrogen and oxygen atoms in total. The van der Waals surface area contributed by atoms with E-state index in [0.717, 1.165) is 17.8 Å². The number of carbonyl (C=O) groups is 1. The van der Waals surface area contributed by atoms with Crippen LogP contribution in [0.2, 0.25) is 0 Å². The van der Waals surface area contributed by atoms with Gasteiger partial charge in [-0.15, -0.1) is 0 Å². The van der Waals surface area contributed by atoms with Gasteiger partial charge in [0.2, 0.25) is 0 Å². The van der Waals surface area contributed by atoms with E-state index < -0.39 is 6.09 Å². The molecule has 0 N–H and O–H groups in total. The molecule has 1 aromatic rings. The Balaban J connectivity index is 0.000000246. The van der Waals surface area contributed by atoms with Gasteiger partial charge in [-0.05, 0) is 25.0 Å². The van der Waals surface area contributed by atoms with Crippen LogP contribution in [0.4, 0.5) is 4.79 Å². The standard InChI is InChI=1S/C5H5NO2.C4H8O.Li/c7-5(8)6-3-1-2-4-6;1-2-4-5-3-1;/h1-4H,(H,7,8);1-4H2;/q;;+1/p-1. The minimum atomic E-state index is -1.20. The number of carboxylic acid groups (broad SMARTS) is 1. The second-order valence-electron chi connectivity index (χ2n) is 2.68. The van der Waals surface area contributed by atoms with Crippen LogP contribution in [0.3, 0.4) is 0 Å². The molecule has 1 aliphatic rings. The van der Waals surface area contributed by atoms with Crippen LogP contribution in [0.5, 0.6) is 0 Å². The zero-order chi connectivity index (χ0) is 9.52. The van der Waals surface area contributed by atoms with Gasteiger partial charge in [-0.25, -0.2) is 0 Å². The summed E-state index contributed by atoms with van der Waals surface area (Å²) in [4.78, 5) is 9.91. The van der Waals surface area contributed by atoms with Gasteiger partial charge >= 0.3 is 18.9 Å². The number of carbonyl (C=O) groups excluding carboxylic acids is 1. The van der Waals surface area contributed by atoms with Gasteiger partial charge in [-0.3, -0.25) is 0 Å². The van der Waals surface area contributed by atoms with Crippen molar-refractivity contribution in [2.45, 2.75) is 12.8 Å². The minimum Gasteiger partial charge on any atom is -0.529 e. The molecule has 1 fully saturated rings. The second-order valence-corrected chi connectivity index (χ2v) is 2.68. The maximum absolute atomic E-state index is 9.91. The van der Waals surface area contributed by atoms with Crippen LogP contribution in [0.25, 0.3) is 0 Å². The monoisotopic (exact) mass is 189 g/mol. The van der Waals surface area contributed by atoms with Crippen molar-refractivity contribution in [3.05, 3.63) is 24.5 Å². The van der Waals surface area contributed by atoms with Gasteiger partial charge in [0.1, 0.15) is 6.09 Å². The fraction of sp³-hybridized carbons (Fsp3) is 0.444. The van der Waals surface area contributed by atoms with E-state index in [-0.39, 0.29) is 18.9 Å². The molecule has 0 aliphatic carbocycles. The molecule has 0 aromatic carbocycles. The topological polar surface area (TPSA) is 54.3 Å². The molecule has 0 amide bonds. The third kappa shape index (κ3) is 5.13. The molecule has 0 bridgehead atoms. The van der Waals surface area contributed by atoms with E-state index in [2.05, 4.69) is 0 Å². The fourth-order valence-corrected chi connectivity index (χ4v) is 0.967. The van der Waals surface area contributed by atoms with E-state index in [4.69, 9.17) is 4.74 Å².